The van der Waals surface area contributed by atoms with Crippen LogP contribution in [0.2, 0.25) is 0 Å². The maximum Gasteiger partial charge on any atom is 0.337 e. The van der Waals surface area contributed by atoms with Crippen LogP contribution in [-0.4, -0.2) is 48.4 Å². The summed E-state index contributed by atoms with van der Waals surface area (Å²) in [5.74, 6) is 0.166. The average Bonchev–Trinajstić information content (AvgIpc) is 2.72. The number of hydrogen-bond donors (Lipinski definition) is 0. The molecule has 156 valence electrons. The van der Waals surface area contributed by atoms with Crippen molar-refractivity contribution in [3.8, 4) is 5.75 Å². The highest BCUT2D eigenvalue weighted by Crippen LogP contribution is 2.41. The maximum absolute atomic E-state index is 13.0. The van der Waals surface area contributed by atoms with Crippen LogP contribution in [0.4, 0.5) is 0 Å². The summed E-state index contributed by atoms with van der Waals surface area (Å²) in [6, 6.07) is 10.5. The van der Waals surface area contributed by atoms with Crippen molar-refractivity contribution in [3.05, 3.63) is 64.2 Å². The molecular formula is C24H25NO5. The Kier molecular flexibility index (Phi) is 5.10. The first-order chi connectivity index (χ1) is 14.3. The van der Waals surface area contributed by atoms with Crippen LogP contribution in [0, 0.1) is 13.8 Å². The average molecular weight is 407 g/mol. The Morgan fingerprint density at radius 3 is 2.47 bits per heavy atom. The van der Waals surface area contributed by atoms with Crippen LogP contribution in [0.5, 0.6) is 5.75 Å². The summed E-state index contributed by atoms with van der Waals surface area (Å²) in [5.41, 5.74) is 2.93. The molecule has 0 atom stereocenters. The highest BCUT2D eigenvalue weighted by Gasteiger charge is 2.44. The minimum absolute atomic E-state index is 0.110. The zero-order valence-electron chi connectivity index (χ0n) is 17.5. The fourth-order valence-corrected chi connectivity index (χ4v) is 4.49. The van der Waals surface area contributed by atoms with E-state index in [1.165, 1.54) is 7.11 Å². The number of hydrogen-bond acceptors (Lipinski definition) is 5. The molecule has 1 spiro atoms. The lowest BCUT2D eigenvalue weighted by Crippen LogP contribution is -2.52. The van der Waals surface area contributed by atoms with E-state index in [9.17, 15) is 14.4 Å². The van der Waals surface area contributed by atoms with Crippen molar-refractivity contribution < 1.29 is 23.9 Å². The summed E-state index contributed by atoms with van der Waals surface area (Å²) in [6.07, 6.45) is 1.52. The zero-order valence-corrected chi connectivity index (χ0v) is 17.5. The number of ketones is 1. The summed E-state index contributed by atoms with van der Waals surface area (Å²) in [6.45, 7) is 4.92. The lowest BCUT2D eigenvalue weighted by atomic mass is 9.81. The number of rotatable bonds is 2. The monoisotopic (exact) mass is 407 g/mol. The fourth-order valence-electron chi connectivity index (χ4n) is 4.49. The van der Waals surface area contributed by atoms with Gasteiger partial charge in [-0.3, -0.25) is 9.59 Å². The van der Waals surface area contributed by atoms with Gasteiger partial charge in [-0.2, -0.15) is 0 Å². The Labute approximate surface area is 175 Å². The van der Waals surface area contributed by atoms with Crippen LogP contribution in [0.1, 0.15) is 61.5 Å². The number of piperidine rings is 1. The van der Waals surface area contributed by atoms with Gasteiger partial charge in [0.05, 0.1) is 24.7 Å². The third-order valence-electron chi connectivity index (χ3n) is 6.02. The van der Waals surface area contributed by atoms with Crippen LogP contribution >= 0.6 is 0 Å². The smallest absolute Gasteiger partial charge is 0.337 e. The Morgan fingerprint density at radius 2 is 1.77 bits per heavy atom. The second-order valence-corrected chi connectivity index (χ2v) is 8.20. The highest BCUT2D eigenvalue weighted by atomic mass is 16.5. The predicted octanol–water partition coefficient (Wildman–Crippen LogP) is 3.73. The van der Waals surface area contributed by atoms with Gasteiger partial charge in [0, 0.05) is 31.5 Å². The number of Topliss-reactive ketones (excluding diaryl/α,β-unsaturated/α-hetero) is 1. The molecule has 2 aliphatic rings. The van der Waals surface area contributed by atoms with Crippen molar-refractivity contribution >= 4 is 17.7 Å². The molecule has 0 N–H and O–H groups in total. The minimum Gasteiger partial charge on any atom is -0.486 e. The fraction of sp³-hybridized carbons (Fsp3) is 0.375. The summed E-state index contributed by atoms with van der Waals surface area (Å²) in [7, 11) is 1.31. The number of fused-ring (bicyclic) bond motifs is 1. The van der Waals surface area contributed by atoms with E-state index < -0.39 is 11.6 Å². The molecule has 0 bridgehead atoms. The number of carbonyl (C=O) groups excluding carboxylic acids is 3. The van der Waals surface area contributed by atoms with Gasteiger partial charge in [0.25, 0.3) is 5.91 Å². The topological polar surface area (TPSA) is 72.9 Å². The van der Waals surface area contributed by atoms with Crippen LogP contribution in [-0.2, 0) is 4.74 Å². The van der Waals surface area contributed by atoms with Crippen molar-refractivity contribution in [2.24, 2.45) is 0 Å². The first-order valence-corrected chi connectivity index (χ1v) is 10.1. The Balaban J connectivity index is 1.49. The molecule has 1 amide bonds. The first-order valence-electron chi connectivity index (χ1n) is 10.1. The number of aryl methyl sites for hydroxylation is 2. The van der Waals surface area contributed by atoms with Crippen molar-refractivity contribution in [1.82, 2.24) is 4.90 Å². The first kappa shape index (κ1) is 20.1. The number of likely N-dealkylation sites (tertiary alicyclic amines) is 1. The molecule has 4 rings (SSSR count). The number of ether oxygens (including phenoxy) is 2. The third-order valence-corrected chi connectivity index (χ3v) is 6.02. The quantitative estimate of drug-likeness (QED) is 0.710. The molecule has 0 aromatic heterocycles. The van der Waals surface area contributed by atoms with Gasteiger partial charge in [-0.05, 0) is 49.2 Å². The number of esters is 1. The van der Waals surface area contributed by atoms with Gasteiger partial charge < -0.3 is 14.4 Å². The van der Waals surface area contributed by atoms with Crippen molar-refractivity contribution in [2.75, 3.05) is 20.2 Å². The second kappa shape index (κ2) is 7.59. The van der Waals surface area contributed by atoms with Gasteiger partial charge in [0.1, 0.15) is 11.4 Å². The van der Waals surface area contributed by atoms with E-state index in [1.54, 1.807) is 29.2 Å². The molecule has 2 aliphatic heterocycles. The van der Waals surface area contributed by atoms with Gasteiger partial charge in [-0.1, -0.05) is 12.1 Å². The molecular weight excluding hydrogens is 382 g/mol. The molecule has 1 saturated heterocycles. The standard InChI is InChI=1S/C24H25NO5/c1-15-11-16(2)21-19(26)14-24(30-20(21)12-15)7-9-25(10-8-24)22(27)17-5-4-6-18(13-17)23(28)29-3/h4-6,11-13H,7-10,14H2,1-3H3. The molecule has 30 heavy (non-hydrogen) atoms. The normalized spacial score (nSPS) is 17.3. The molecule has 2 aromatic rings. The van der Waals surface area contributed by atoms with Crippen molar-refractivity contribution in [3.63, 3.8) is 0 Å². The van der Waals surface area contributed by atoms with E-state index in [1.807, 2.05) is 26.0 Å². The van der Waals surface area contributed by atoms with Crippen LogP contribution in [0.3, 0.4) is 0 Å². The molecule has 2 aromatic carbocycles. The van der Waals surface area contributed by atoms with Crippen LogP contribution in [0.15, 0.2) is 36.4 Å². The lowest BCUT2D eigenvalue weighted by Gasteiger charge is -2.44. The molecule has 0 radical (unpaired) electrons. The number of amides is 1. The Morgan fingerprint density at radius 1 is 1.07 bits per heavy atom. The Hall–Kier alpha value is -3.15. The molecule has 0 aliphatic carbocycles. The van der Waals surface area contributed by atoms with Gasteiger partial charge in [-0.25, -0.2) is 4.79 Å². The second-order valence-electron chi connectivity index (χ2n) is 8.20. The van der Waals surface area contributed by atoms with E-state index in [-0.39, 0.29) is 11.7 Å². The highest BCUT2D eigenvalue weighted by molar-refractivity contribution is 6.02. The number of benzene rings is 2. The van der Waals surface area contributed by atoms with Gasteiger partial charge >= 0.3 is 5.97 Å². The number of carbonyl (C=O) groups is 3. The van der Waals surface area contributed by atoms with Gasteiger partial charge in [0.2, 0.25) is 0 Å². The largest absolute Gasteiger partial charge is 0.486 e. The van der Waals surface area contributed by atoms with Gasteiger partial charge in [-0.15, -0.1) is 0 Å². The SMILES string of the molecule is COC(=O)c1cccc(C(=O)N2CCC3(CC2)CC(=O)c2c(C)cc(C)cc2O3)c1. The molecule has 2 heterocycles. The maximum atomic E-state index is 13.0. The molecule has 0 saturated carbocycles. The predicted molar refractivity (Wildman–Crippen MR) is 111 cm³/mol. The molecule has 0 unspecified atom stereocenters. The van der Waals surface area contributed by atoms with E-state index >= 15 is 0 Å². The number of nitrogens with zero attached hydrogens (tertiary/aromatic N) is 1. The van der Waals surface area contributed by atoms with Crippen LogP contribution in [0.25, 0.3) is 0 Å². The van der Waals surface area contributed by atoms with Gasteiger partial charge in [0.15, 0.2) is 5.78 Å². The summed E-state index contributed by atoms with van der Waals surface area (Å²) >= 11 is 0. The van der Waals surface area contributed by atoms with Crippen LogP contribution < -0.4 is 4.74 Å². The third kappa shape index (κ3) is 3.58. The molecule has 6 heteroatoms. The zero-order chi connectivity index (χ0) is 21.5. The summed E-state index contributed by atoms with van der Waals surface area (Å²) in [4.78, 5) is 39.3. The van der Waals surface area contributed by atoms with E-state index in [4.69, 9.17) is 9.47 Å². The minimum atomic E-state index is -0.561. The molecule has 1 fully saturated rings. The lowest BCUT2D eigenvalue weighted by molar-refractivity contribution is -0.00581. The van der Waals surface area contributed by atoms with Crippen molar-refractivity contribution in [2.45, 2.75) is 38.7 Å². The van der Waals surface area contributed by atoms with E-state index in [0.29, 0.717) is 54.8 Å². The summed E-state index contributed by atoms with van der Waals surface area (Å²) in [5, 5.41) is 0. The van der Waals surface area contributed by atoms with Crippen molar-refractivity contribution in [1.29, 1.82) is 0 Å². The summed E-state index contributed by atoms with van der Waals surface area (Å²) < 4.78 is 11.1. The van der Waals surface area contributed by atoms with E-state index in [0.717, 1.165) is 11.1 Å². The number of methoxy groups -OCH3 is 1. The van der Waals surface area contributed by atoms with E-state index in [2.05, 4.69) is 0 Å². The Bertz CT molecular complexity index is 1030. The molecule has 6 nitrogen and oxygen atoms in total.